The summed E-state index contributed by atoms with van der Waals surface area (Å²) in [7, 11) is 0. The number of aromatic nitrogens is 3. The van der Waals surface area contributed by atoms with Crippen LogP contribution in [-0.4, -0.2) is 57.8 Å². The molecule has 9 heteroatoms. The number of rotatable bonds is 7. The standard InChI is InChI=1S/C24H32ClN5O3/c1-16(2)22(26-24(32)18-10-14-33-15-18)23-28-27-20-9-11-29(12-13-30(20)23)21(31)8-7-17-5-3-4-6-19(17)25/h3-6,16,18,22H,7-15H2,1-2H3,(H,26,32)/t18-,22+/m1/s1. The van der Waals surface area contributed by atoms with Gasteiger partial charge in [0.1, 0.15) is 5.82 Å². The maximum absolute atomic E-state index is 12.9. The molecule has 1 aromatic heterocycles. The number of hydrogen-bond acceptors (Lipinski definition) is 5. The second kappa shape index (κ2) is 10.7. The molecule has 178 valence electrons. The molecule has 8 nitrogen and oxygen atoms in total. The number of hydrogen-bond donors (Lipinski definition) is 1. The Morgan fingerprint density at radius 3 is 2.76 bits per heavy atom. The van der Waals surface area contributed by atoms with Crippen molar-refractivity contribution in [2.75, 3.05) is 26.3 Å². The predicted molar refractivity (Wildman–Crippen MR) is 125 cm³/mol. The minimum atomic E-state index is -0.234. The first-order valence-corrected chi connectivity index (χ1v) is 12.1. The Bertz CT molecular complexity index is 986. The molecule has 3 heterocycles. The number of carbonyl (C=O) groups is 2. The monoisotopic (exact) mass is 473 g/mol. The Balaban J connectivity index is 1.40. The average molecular weight is 474 g/mol. The van der Waals surface area contributed by atoms with Gasteiger partial charge in [0.05, 0.1) is 18.6 Å². The highest BCUT2D eigenvalue weighted by atomic mass is 35.5. The van der Waals surface area contributed by atoms with Gasteiger partial charge in [-0.25, -0.2) is 0 Å². The molecule has 1 fully saturated rings. The zero-order valence-corrected chi connectivity index (χ0v) is 20.1. The van der Waals surface area contributed by atoms with Crippen molar-refractivity contribution >= 4 is 23.4 Å². The van der Waals surface area contributed by atoms with Crippen molar-refractivity contribution in [2.45, 2.75) is 52.1 Å². The van der Waals surface area contributed by atoms with Crippen LogP contribution in [0.2, 0.25) is 5.02 Å². The van der Waals surface area contributed by atoms with Gasteiger partial charge in [-0.15, -0.1) is 10.2 Å². The van der Waals surface area contributed by atoms with Crippen molar-refractivity contribution in [2.24, 2.45) is 11.8 Å². The minimum Gasteiger partial charge on any atom is -0.381 e. The van der Waals surface area contributed by atoms with Crippen molar-refractivity contribution in [3.63, 3.8) is 0 Å². The lowest BCUT2D eigenvalue weighted by Gasteiger charge is -2.24. The van der Waals surface area contributed by atoms with E-state index in [2.05, 4.69) is 33.9 Å². The topological polar surface area (TPSA) is 89.3 Å². The van der Waals surface area contributed by atoms with Crippen molar-refractivity contribution < 1.29 is 14.3 Å². The van der Waals surface area contributed by atoms with Gasteiger partial charge in [-0.05, 0) is 30.4 Å². The van der Waals surface area contributed by atoms with E-state index in [4.69, 9.17) is 16.3 Å². The molecule has 0 bridgehead atoms. The summed E-state index contributed by atoms with van der Waals surface area (Å²) < 4.78 is 7.45. The van der Waals surface area contributed by atoms with Crippen LogP contribution in [-0.2, 0) is 33.7 Å². The highest BCUT2D eigenvalue weighted by Gasteiger charge is 2.31. The number of fused-ring (bicyclic) bond motifs is 1. The zero-order chi connectivity index (χ0) is 23.4. The molecule has 0 radical (unpaired) electrons. The van der Waals surface area contributed by atoms with E-state index in [0.717, 1.165) is 23.6 Å². The molecule has 2 aromatic rings. The Hall–Kier alpha value is -2.45. The lowest BCUT2D eigenvalue weighted by atomic mass is 10.0. The number of aryl methyl sites for hydroxylation is 1. The smallest absolute Gasteiger partial charge is 0.226 e. The summed E-state index contributed by atoms with van der Waals surface area (Å²) in [5.74, 6) is 1.79. The van der Waals surface area contributed by atoms with Crippen LogP contribution in [0, 0.1) is 11.8 Å². The van der Waals surface area contributed by atoms with Crippen LogP contribution < -0.4 is 5.32 Å². The average Bonchev–Trinajstić information content (AvgIpc) is 3.43. The van der Waals surface area contributed by atoms with Gasteiger partial charge in [-0.1, -0.05) is 43.6 Å². The summed E-state index contributed by atoms with van der Waals surface area (Å²) >= 11 is 6.24. The van der Waals surface area contributed by atoms with Crippen molar-refractivity contribution in [3.8, 4) is 0 Å². The molecule has 0 aliphatic carbocycles. The second-order valence-corrected chi connectivity index (χ2v) is 9.55. The maximum Gasteiger partial charge on any atom is 0.226 e. The van der Waals surface area contributed by atoms with E-state index in [-0.39, 0.29) is 29.7 Å². The van der Waals surface area contributed by atoms with E-state index in [9.17, 15) is 9.59 Å². The summed E-state index contributed by atoms with van der Waals surface area (Å²) in [6, 6.07) is 7.41. The normalized spacial score (nSPS) is 19.3. The van der Waals surface area contributed by atoms with Crippen LogP contribution in [0.25, 0.3) is 0 Å². The van der Waals surface area contributed by atoms with Gasteiger partial charge >= 0.3 is 0 Å². The maximum atomic E-state index is 12.9. The van der Waals surface area contributed by atoms with Gasteiger partial charge in [0.25, 0.3) is 0 Å². The molecule has 1 saturated heterocycles. The molecule has 1 aromatic carbocycles. The highest BCUT2D eigenvalue weighted by molar-refractivity contribution is 6.31. The van der Waals surface area contributed by atoms with Crippen LogP contribution in [0.4, 0.5) is 0 Å². The van der Waals surface area contributed by atoms with Gasteiger partial charge in [-0.3, -0.25) is 9.59 Å². The van der Waals surface area contributed by atoms with Gasteiger partial charge in [-0.2, -0.15) is 0 Å². The third kappa shape index (κ3) is 5.55. The second-order valence-electron chi connectivity index (χ2n) is 9.14. The molecule has 33 heavy (non-hydrogen) atoms. The molecule has 1 N–H and O–H groups in total. The molecule has 2 atom stereocenters. The molecular weight excluding hydrogens is 442 g/mol. The lowest BCUT2D eigenvalue weighted by molar-refractivity contribution is -0.131. The summed E-state index contributed by atoms with van der Waals surface area (Å²) in [4.78, 5) is 27.5. The van der Waals surface area contributed by atoms with Crippen LogP contribution in [0.15, 0.2) is 24.3 Å². The third-order valence-electron chi connectivity index (χ3n) is 6.52. The Labute approximate surface area is 199 Å². The Kier molecular flexibility index (Phi) is 7.65. The first kappa shape index (κ1) is 23.7. The van der Waals surface area contributed by atoms with Gasteiger partial charge in [0, 0.05) is 44.1 Å². The molecular formula is C24H32ClN5O3. The van der Waals surface area contributed by atoms with E-state index in [1.54, 1.807) is 0 Å². The number of carbonyl (C=O) groups excluding carboxylic acids is 2. The fourth-order valence-corrected chi connectivity index (χ4v) is 4.70. The number of ether oxygens (including phenoxy) is 1. The fourth-order valence-electron chi connectivity index (χ4n) is 4.47. The zero-order valence-electron chi connectivity index (χ0n) is 19.3. The van der Waals surface area contributed by atoms with Crippen LogP contribution in [0.3, 0.4) is 0 Å². The molecule has 4 rings (SSSR count). The summed E-state index contributed by atoms with van der Waals surface area (Å²) in [6.45, 7) is 7.05. The number of benzene rings is 1. The first-order chi connectivity index (χ1) is 15.9. The van der Waals surface area contributed by atoms with E-state index in [0.29, 0.717) is 57.1 Å². The van der Waals surface area contributed by atoms with E-state index in [1.165, 1.54) is 0 Å². The predicted octanol–water partition coefficient (Wildman–Crippen LogP) is 2.80. The lowest BCUT2D eigenvalue weighted by Crippen LogP contribution is -2.38. The Morgan fingerprint density at radius 2 is 2.03 bits per heavy atom. The van der Waals surface area contributed by atoms with Crippen LogP contribution >= 0.6 is 11.6 Å². The van der Waals surface area contributed by atoms with Crippen molar-refractivity contribution in [1.29, 1.82) is 0 Å². The third-order valence-corrected chi connectivity index (χ3v) is 6.89. The largest absolute Gasteiger partial charge is 0.381 e. The minimum absolute atomic E-state index is 0.00792. The van der Waals surface area contributed by atoms with Crippen LogP contribution in [0.1, 0.15) is 49.9 Å². The number of nitrogens with one attached hydrogen (secondary N) is 1. The first-order valence-electron chi connectivity index (χ1n) is 11.7. The molecule has 0 saturated carbocycles. The van der Waals surface area contributed by atoms with E-state index >= 15 is 0 Å². The number of nitrogens with zero attached hydrogens (tertiary/aromatic N) is 4. The van der Waals surface area contributed by atoms with E-state index < -0.39 is 0 Å². The summed E-state index contributed by atoms with van der Waals surface area (Å²) in [5, 5.41) is 12.7. The van der Waals surface area contributed by atoms with Gasteiger partial charge < -0.3 is 19.5 Å². The molecule has 0 spiro atoms. The van der Waals surface area contributed by atoms with Gasteiger partial charge in [0.2, 0.25) is 11.8 Å². The van der Waals surface area contributed by atoms with Crippen molar-refractivity contribution in [1.82, 2.24) is 25.0 Å². The molecule has 2 aliphatic rings. The van der Waals surface area contributed by atoms with Crippen molar-refractivity contribution in [3.05, 3.63) is 46.5 Å². The highest BCUT2D eigenvalue weighted by Crippen LogP contribution is 2.24. The number of amides is 2. The summed E-state index contributed by atoms with van der Waals surface area (Å²) in [5.41, 5.74) is 0.991. The molecule has 0 unspecified atom stereocenters. The Morgan fingerprint density at radius 1 is 1.21 bits per heavy atom. The van der Waals surface area contributed by atoms with Gasteiger partial charge in [0.15, 0.2) is 5.82 Å². The molecule has 2 amide bonds. The summed E-state index contributed by atoms with van der Waals surface area (Å²) in [6.07, 6.45) is 2.43. The van der Waals surface area contributed by atoms with Crippen LogP contribution in [0.5, 0.6) is 0 Å². The quantitative estimate of drug-likeness (QED) is 0.667. The molecule has 2 aliphatic heterocycles. The number of halogens is 1. The fraction of sp³-hybridized carbons (Fsp3) is 0.583. The SMILES string of the molecule is CC(C)[C@H](NC(=O)[C@@H]1CCOC1)c1nnc2n1CCN(C(=O)CCc1ccccc1Cl)CC2. The van der Waals surface area contributed by atoms with E-state index in [1.807, 2.05) is 29.2 Å².